The maximum Gasteiger partial charge on any atom is 0.339 e. The lowest BCUT2D eigenvalue weighted by atomic mass is 9.84. The second-order valence-electron chi connectivity index (χ2n) is 5.17. The highest BCUT2D eigenvalue weighted by molar-refractivity contribution is 5.89. The highest BCUT2D eigenvalue weighted by Gasteiger charge is 2.27. The topological polar surface area (TPSA) is 57.2 Å². The number of hydrogen-bond donors (Lipinski definition) is 1. The lowest BCUT2D eigenvalue weighted by Crippen LogP contribution is -2.29. The highest BCUT2D eigenvalue weighted by atomic mass is 16.5. The molecule has 0 spiro atoms. The SMILES string of the molecule is COC(=O)c1ccn(C2CCc3ccccc3C2N)c1. The van der Waals surface area contributed by atoms with Gasteiger partial charge >= 0.3 is 5.97 Å². The van der Waals surface area contributed by atoms with E-state index in [1.807, 2.05) is 23.0 Å². The zero-order valence-corrected chi connectivity index (χ0v) is 11.5. The molecule has 4 heteroatoms. The zero-order chi connectivity index (χ0) is 14.1. The van der Waals surface area contributed by atoms with Crippen molar-refractivity contribution in [2.75, 3.05) is 7.11 Å². The number of methoxy groups -OCH3 is 1. The molecule has 0 saturated heterocycles. The first-order chi connectivity index (χ1) is 9.70. The normalized spacial score (nSPS) is 21.3. The molecule has 3 rings (SSSR count). The number of ether oxygens (including phenoxy) is 1. The van der Waals surface area contributed by atoms with Crippen molar-refractivity contribution in [2.45, 2.75) is 24.9 Å². The van der Waals surface area contributed by atoms with E-state index in [9.17, 15) is 4.79 Å². The minimum atomic E-state index is -0.312. The van der Waals surface area contributed by atoms with Crippen LogP contribution in [0.2, 0.25) is 0 Å². The second-order valence-corrected chi connectivity index (χ2v) is 5.17. The van der Waals surface area contributed by atoms with Crippen molar-refractivity contribution in [3.05, 3.63) is 59.4 Å². The van der Waals surface area contributed by atoms with Gasteiger partial charge in [-0.2, -0.15) is 0 Å². The Hall–Kier alpha value is -2.07. The molecular formula is C16H18N2O2. The number of hydrogen-bond acceptors (Lipinski definition) is 3. The Balaban J connectivity index is 1.89. The van der Waals surface area contributed by atoms with Crippen molar-refractivity contribution in [1.82, 2.24) is 4.57 Å². The van der Waals surface area contributed by atoms with Gasteiger partial charge in [0.2, 0.25) is 0 Å². The Morgan fingerprint density at radius 3 is 2.95 bits per heavy atom. The molecule has 0 fully saturated rings. The summed E-state index contributed by atoms with van der Waals surface area (Å²) in [6, 6.07) is 10.2. The van der Waals surface area contributed by atoms with Crippen LogP contribution in [0, 0.1) is 0 Å². The lowest BCUT2D eigenvalue weighted by molar-refractivity contribution is 0.0600. The van der Waals surface area contributed by atoms with Gasteiger partial charge in [0.25, 0.3) is 0 Å². The summed E-state index contributed by atoms with van der Waals surface area (Å²) in [5, 5.41) is 0. The number of esters is 1. The predicted molar refractivity (Wildman–Crippen MR) is 76.5 cm³/mol. The molecule has 1 aromatic heterocycles. The molecule has 4 nitrogen and oxygen atoms in total. The number of fused-ring (bicyclic) bond motifs is 1. The van der Waals surface area contributed by atoms with Gasteiger partial charge in [-0.1, -0.05) is 24.3 Å². The molecule has 1 heterocycles. The van der Waals surface area contributed by atoms with Crippen LogP contribution in [0.3, 0.4) is 0 Å². The molecular weight excluding hydrogens is 252 g/mol. The molecule has 0 bridgehead atoms. The smallest absolute Gasteiger partial charge is 0.339 e. The van der Waals surface area contributed by atoms with Gasteiger partial charge < -0.3 is 15.0 Å². The van der Waals surface area contributed by atoms with Crippen LogP contribution >= 0.6 is 0 Å². The first kappa shape index (κ1) is 12.9. The Kier molecular flexibility index (Phi) is 3.32. The van der Waals surface area contributed by atoms with E-state index in [4.69, 9.17) is 10.5 Å². The van der Waals surface area contributed by atoms with Gasteiger partial charge in [0.05, 0.1) is 24.8 Å². The average molecular weight is 270 g/mol. The number of carbonyl (C=O) groups excluding carboxylic acids is 1. The molecule has 0 amide bonds. The van der Waals surface area contributed by atoms with Gasteiger partial charge in [-0.3, -0.25) is 0 Å². The average Bonchev–Trinajstić information content (AvgIpc) is 2.97. The van der Waals surface area contributed by atoms with Crippen molar-refractivity contribution in [3.8, 4) is 0 Å². The molecule has 1 aliphatic carbocycles. The summed E-state index contributed by atoms with van der Waals surface area (Å²) in [5.74, 6) is -0.312. The van der Waals surface area contributed by atoms with E-state index < -0.39 is 0 Å². The van der Waals surface area contributed by atoms with Crippen molar-refractivity contribution in [3.63, 3.8) is 0 Å². The fourth-order valence-electron chi connectivity index (χ4n) is 2.97. The summed E-state index contributed by atoms with van der Waals surface area (Å²) in [7, 11) is 1.39. The number of aryl methyl sites for hydroxylation is 1. The van der Waals surface area contributed by atoms with Gasteiger partial charge in [-0.25, -0.2) is 4.79 Å². The number of aromatic nitrogens is 1. The van der Waals surface area contributed by atoms with E-state index in [0.717, 1.165) is 12.8 Å². The number of nitrogens with two attached hydrogens (primary N) is 1. The molecule has 0 aliphatic heterocycles. The predicted octanol–water partition coefficient (Wildman–Crippen LogP) is 2.46. The Morgan fingerprint density at radius 2 is 2.15 bits per heavy atom. The summed E-state index contributed by atoms with van der Waals surface area (Å²) >= 11 is 0. The highest BCUT2D eigenvalue weighted by Crippen LogP contribution is 2.36. The van der Waals surface area contributed by atoms with E-state index in [1.54, 1.807) is 6.07 Å². The van der Waals surface area contributed by atoms with Gasteiger partial charge in [-0.15, -0.1) is 0 Å². The molecule has 2 N–H and O–H groups in total. The molecule has 2 atom stereocenters. The van der Waals surface area contributed by atoms with E-state index in [0.29, 0.717) is 5.56 Å². The summed E-state index contributed by atoms with van der Waals surface area (Å²) in [6.45, 7) is 0. The summed E-state index contributed by atoms with van der Waals surface area (Å²) in [5.41, 5.74) is 9.51. The monoisotopic (exact) mass is 270 g/mol. The van der Waals surface area contributed by atoms with E-state index in [2.05, 4.69) is 18.2 Å². The largest absolute Gasteiger partial charge is 0.465 e. The number of carbonyl (C=O) groups is 1. The molecule has 1 aliphatic rings. The van der Waals surface area contributed by atoms with Gasteiger partial charge in [0.15, 0.2) is 0 Å². The van der Waals surface area contributed by atoms with Crippen LogP contribution < -0.4 is 5.73 Å². The lowest BCUT2D eigenvalue weighted by Gasteiger charge is -2.32. The second kappa shape index (κ2) is 5.13. The Morgan fingerprint density at radius 1 is 1.35 bits per heavy atom. The summed E-state index contributed by atoms with van der Waals surface area (Å²) in [4.78, 5) is 11.5. The van der Waals surface area contributed by atoms with E-state index >= 15 is 0 Å². The van der Waals surface area contributed by atoms with Crippen LogP contribution in [-0.2, 0) is 11.2 Å². The Bertz CT molecular complexity index is 633. The van der Waals surface area contributed by atoms with Crippen molar-refractivity contribution < 1.29 is 9.53 Å². The van der Waals surface area contributed by atoms with Crippen LogP contribution in [0.25, 0.3) is 0 Å². The maximum absolute atomic E-state index is 11.5. The summed E-state index contributed by atoms with van der Waals surface area (Å²) in [6.07, 6.45) is 5.72. The molecule has 20 heavy (non-hydrogen) atoms. The molecule has 1 aromatic carbocycles. The minimum absolute atomic E-state index is 0.0437. The van der Waals surface area contributed by atoms with Crippen molar-refractivity contribution >= 4 is 5.97 Å². The zero-order valence-electron chi connectivity index (χ0n) is 11.5. The first-order valence-electron chi connectivity index (χ1n) is 6.80. The first-order valence-corrected chi connectivity index (χ1v) is 6.80. The summed E-state index contributed by atoms with van der Waals surface area (Å²) < 4.78 is 6.77. The van der Waals surface area contributed by atoms with Crippen LogP contribution in [0.15, 0.2) is 42.7 Å². The quantitative estimate of drug-likeness (QED) is 0.853. The molecule has 0 saturated carbocycles. The molecule has 104 valence electrons. The third-order valence-corrected chi connectivity index (χ3v) is 4.06. The van der Waals surface area contributed by atoms with Gasteiger partial charge in [0, 0.05) is 12.4 Å². The fraction of sp³-hybridized carbons (Fsp3) is 0.312. The van der Waals surface area contributed by atoms with Crippen LogP contribution in [-0.4, -0.2) is 17.6 Å². The third-order valence-electron chi connectivity index (χ3n) is 4.06. The molecule has 2 aromatic rings. The van der Waals surface area contributed by atoms with Crippen molar-refractivity contribution in [1.29, 1.82) is 0 Å². The van der Waals surface area contributed by atoms with E-state index in [1.165, 1.54) is 18.2 Å². The number of benzene rings is 1. The van der Waals surface area contributed by atoms with Gasteiger partial charge in [0.1, 0.15) is 0 Å². The minimum Gasteiger partial charge on any atom is -0.465 e. The fourth-order valence-corrected chi connectivity index (χ4v) is 2.97. The van der Waals surface area contributed by atoms with Crippen LogP contribution in [0.5, 0.6) is 0 Å². The van der Waals surface area contributed by atoms with Gasteiger partial charge in [-0.05, 0) is 30.0 Å². The Labute approximate surface area is 118 Å². The van der Waals surface area contributed by atoms with Crippen LogP contribution in [0.1, 0.15) is 40.0 Å². The molecule has 2 unspecified atom stereocenters. The van der Waals surface area contributed by atoms with Crippen molar-refractivity contribution in [2.24, 2.45) is 5.73 Å². The van der Waals surface area contributed by atoms with E-state index in [-0.39, 0.29) is 18.1 Å². The standard InChI is InChI=1S/C16H18N2O2/c1-20-16(19)12-8-9-18(10-12)14-7-6-11-4-2-3-5-13(11)15(14)17/h2-5,8-10,14-15H,6-7,17H2,1H3. The maximum atomic E-state index is 11.5. The molecule has 0 radical (unpaired) electrons. The number of rotatable bonds is 2. The number of nitrogens with zero attached hydrogens (tertiary/aromatic N) is 1. The van der Waals surface area contributed by atoms with Crippen LogP contribution in [0.4, 0.5) is 0 Å². The third kappa shape index (κ3) is 2.12.